The van der Waals surface area contributed by atoms with Crippen molar-refractivity contribution in [3.63, 3.8) is 0 Å². The van der Waals surface area contributed by atoms with Crippen LogP contribution in [0.5, 0.6) is 0 Å². The first kappa shape index (κ1) is 9.75. The van der Waals surface area contributed by atoms with Crippen molar-refractivity contribution < 1.29 is 4.55 Å². The van der Waals surface area contributed by atoms with E-state index in [0.29, 0.717) is 0 Å². The summed E-state index contributed by atoms with van der Waals surface area (Å²) < 4.78 is 10.3. The molecule has 1 N–H and O–H groups in total. The van der Waals surface area contributed by atoms with Crippen LogP contribution in [0.3, 0.4) is 0 Å². The van der Waals surface area contributed by atoms with E-state index in [9.17, 15) is 4.55 Å². The summed E-state index contributed by atoms with van der Waals surface area (Å²) in [5, 5.41) is 0. The van der Waals surface area contributed by atoms with Crippen molar-refractivity contribution >= 4 is 10.3 Å². The molecule has 1 rings (SSSR count). The molecule has 0 aromatic heterocycles. The smallest absolute Gasteiger partial charge is 0.0148 e. The Bertz CT molecular complexity index is 241. The molecule has 0 aliphatic carbocycles. The van der Waals surface area contributed by atoms with Gasteiger partial charge in [0.2, 0.25) is 0 Å². The minimum Gasteiger partial charge on any atom is -0.349 e. The zero-order chi connectivity index (χ0) is 9.41. The minimum atomic E-state index is -1.63. The number of hydrogen-bond donors (Lipinski definition) is 1. The highest BCUT2D eigenvalue weighted by molar-refractivity contribution is 8.29. The lowest BCUT2D eigenvalue weighted by Crippen LogP contribution is -2.23. The summed E-state index contributed by atoms with van der Waals surface area (Å²) in [5.74, 6) is 0. The van der Waals surface area contributed by atoms with Gasteiger partial charge in [-0.25, -0.2) is 6.07 Å². The van der Waals surface area contributed by atoms with Gasteiger partial charge in [0.25, 0.3) is 0 Å². The van der Waals surface area contributed by atoms with E-state index in [1.165, 1.54) is 0 Å². The first-order valence-corrected chi connectivity index (χ1v) is 6.07. The standard InChI is InChI=1S/C10H17OS/c1-10(2,3)12(4,11)9-7-5-6-8-9/h5-8,11H,1-4H3/q-1. The zero-order valence-electron chi connectivity index (χ0n) is 8.16. The molecule has 1 nitrogen and oxygen atoms in total. The van der Waals surface area contributed by atoms with E-state index in [1.54, 1.807) is 0 Å². The lowest BCUT2D eigenvalue weighted by atomic mass is 10.3. The molecule has 0 spiro atoms. The van der Waals surface area contributed by atoms with E-state index < -0.39 is 10.3 Å². The molecule has 0 saturated heterocycles. The third-order valence-electron chi connectivity index (χ3n) is 2.28. The average molecular weight is 185 g/mol. The van der Waals surface area contributed by atoms with Gasteiger partial charge in [-0.2, -0.15) is 18.2 Å². The maximum atomic E-state index is 10.3. The molecule has 0 saturated carbocycles. The molecule has 0 fully saturated rings. The van der Waals surface area contributed by atoms with E-state index in [1.807, 2.05) is 30.5 Å². The monoisotopic (exact) mass is 185 g/mol. The summed E-state index contributed by atoms with van der Waals surface area (Å²) in [5.41, 5.74) is 0. The highest BCUT2D eigenvalue weighted by atomic mass is 32.3. The van der Waals surface area contributed by atoms with Crippen LogP contribution in [0, 0.1) is 0 Å². The summed E-state index contributed by atoms with van der Waals surface area (Å²) in [7, 11) is -1.63. The predicted octanol–water partition coefficient (Wildman–Crippen LogP) is 3.47. The quantitative estimate of drug-likeness (QED) is 0.664. The molecule has 1 aromatic rings. The molecular formula is C10H17OS-. The Morgan fingerprint density at radius 1 is 1.42 bits per heavy atom. The molecule has 0 bridgehead atoms. The highest BCUT2D eigenvalue weighted by Gasteiger charge is 2.29. The maximum absolute atomic E-state index is 10.3. The second-order valence-electron chi connectivity index (χ2n) is 4.11. The first-order chi connectivity index (χ1) is 5.36. The zero-order valence-corrected chi connectivity index (χ0v) is 8.98. The second-order valence-corrected chi connectivity index (χ2v) is 7.56. The van der Waals surface area contributed by atoms with Crippen LogP contribution in [0.15, 0.2) is 29.2 Å². The van der Waals surface area contributed by atoms with Crippen LogP contribution < -0.4 is 0 Å². The van der Waals surface area contributed by atoms with Gasteiger partial charge in [0.15, 0.2) is 0 Å². The van der Waals surface area contributed by atoms with Gasteiger partial charge < -0.3 is 4.55 Å². The molecule has 0 radical (unpaired) electrons. The van der Waals surface area contributed by atoms with Crippen molar-refractivity contribution in [2.45, 2.75) is 30.4 Å². The number of hydrogen-bond acceptors (Lipinski definition) is 1. The lowest BCUT2D eigenvalue weighted by Gasteiger charge is -2.44. The van der Waals surface area contributed by atoms with Crippen molar-refractivity contribution in [3.05, 3.63) is 24.3 Å². The van der Waals surface area contributed by atoms with E-state index in [-0.39, 0.29) is 4.75 Å². The van der Waals surface area contributed by atoms with Gasteiger partial charge in [0, 0.05) is 4.75 Å². The first-order valence-electron chi connectivity index (χ1n) is 4.08. The van der Waals surface area contributed by atoms with Gasteiger partial charge in [-0.05, 0) is 6.26 Å². The molecule has 0 amide bonds. The molecule has 0 heterocycles. The Morgan fingerprint density at radius 2 is 2.00 bits per heavy atom. The SMILES string of the molecule is CC(C)(C)S(C)(O)c1ccc[cH-]1. The maximum Gasteiger partial charge on any atom is 0.0148 e. The Balaban J connectivity index is 3.02. The largest absolute Gasteiger partial charge is 0.349 e. The minimum absolute atomic E-state index is 0.0403. The fourth-order valence-corrected chi connectivity index (χ4v) is 2.37. The molecule has 1 aromatic carbocycles. The van der Waals surface area contributed by atoms with Crippen LogP contribution in [0.2, 0.25) is 0 Å². The summed E-state index contributed by atoms with van der Waals surface area (Å²) in [4.78, 5) is 1.08. The Morgan fingerprint density at radius 3 is 2.33 bits per heavy atom. The van der Waals surface area contributed by atoms with E-state index in [4.69, 9.17) is 0 Å². The lowest BCUT2D eigenvalue weighted by molar-refractivity contribution is 0.585. The molecule has 0 aliphatic rings. The predicted molar refractivity (Wildman–Crippen MR) is 56.2 cm³/mol. The van der Waals surface area contributed by atoms with Crippen molar-refractivity contribution in [2.75, 3.05) is 6.26 Å². The van der Waals surface area contributed by atoms with Gasteiger partial charge in [-0.3, -0.25) is 0 Å². The van der Waals surface area contributed by atoms with Gasteiger partial charge in [-0.15, -0.1) is 15.2 Å². The number of rotatable bonds is 1. The highest BCUT2D eigenvalue weighted by Crippen LogP contribution is 2.58. The summed E-state index contributed by atoms with van der Waals surface area (Å²) in [6, 6.07) is 7.95. The normalized spacial score (nSPS) is 20.1. The van der Waals surface area contributed by atoms with Crippen molar-refractivity contribution in [2.24, 2.45) is 0 Å². The van der Waals surface area contributed by atoms with E-state index >= 15 is 0 Å². The van der Waals surface area contributed by atoms with Gasteiger partial charge >= 0.3 is 0 Å². The van der Waals surface area contributed by atoms with Crippen LogP contribution in [0.4, 0.5) is 0 Å². The molecule has 0 aliphatic heterocycles. The topological polar surface area (TPSA) is 20.2 Å². The van der Waals surface area contributed by atoms with Crippen LogP contribution in [-0.2, 0) is 0 Å². The van der Waals surface area contributed by atoms with E-state index in [0.717, 1.165) is 4.90 Å². The Kier molecular flexibility index (Phi) is 2.32. The summed E-state index contributed by atoms with van der Waals surface area (Å²) in [6.45, 7) is 6.24. The molecule has 12 heavy (non-hydrogen) atoms. The van der Waals surface area contributed by atoms with Crippen LogP contribution in [0.1, 0.15) is 20.8 Å². The van der Waals surface area contributed by atoms with Crippen molar-refractivity contribution in [3.8, 4) is 0 Å². The van der Waals surface area contributed by atoms with Gasteiger partial charge in [0.1, 0.15) is 0 Å². The van der Waals surface area contributed by atoms with Crippen LogP contribution in [0.25, 0.3) is 0 Å². The summed E-state index contributed by atoms with van der Waals surface area (Å²) in [6.07, 6.45) is 1.95. The second kappa shape index (κ2) is 2.86. The van der Waals surface area contributed by atoms with Gasteiger partial charge in [0.05, 0.1) is 0 Å². The van der Waals surface area contributed by atoms with Crippen LogP contribution >= 0.6 is 10.3 Å². The third-order valence-corrected chi connectivity index (χ3v) is 5.86. The molecule has 1 unspecified atom stereocenters. The molecule has 70 valence electrons. The summed E-state index contributed by atoms with van der Waals surface area (Å²) >= 11 is 0. The average Bonchev–Trinajstić information content (AvgIpc) is 2.34. The van der Waals surface area contributed by atoms with E-state index in [2.05, 4.69) is 20.8 Å². The Hall–Kier alpha value is -0.340. The molecule has 2 heteroatoms. The van der Waals surface area contributed by atoms with Crippen molar-refractivity contribution in [1.82, 2.24) is 0 Å². The van der Waals surface area contributed by atoms with Crippen molar-refractivity contribution in [1.29, 1.82) is 0 Å². The molecular weight excluding hydrogens is 168 g/mol. The fraction of sp³-hybridized carbons (Fsp3) is 0.500. The Labute approximate surface area is 76.3 Å². The third kappa shape index (κ3) is 1.54. The fourth-order valence-electron chi connectivity index (χ4n) is 0.975. The molecule has 1 atom stereocenters. The van der Waals surface area contributed by atoms with Crippen LogP contribution in [-0.4, -0.2) is 15.6 Å². The van der Waals surface area contributed by atoms with Gasteiger partial charge in [-0.1, -0.05) is 20.8 Å².